The van der Waals surface area contributed by atoms with E-state index in [0.717, 1.165) is 33.4 Å². The summed E-state index contributed by atoms with van der Waals surface area (Å²) in [7, 11) is 0. The van der Waals surface area contributed by atoms with E-state index in [9.17, 15) is 0 Å². The second kappa shape index (κ2) is 12.4. The van der Waals surface area contributed by atoms with Gasteiger partial charge in [-0.1, -0.05) is 164 Å². The van der Waals surface area contributed by atoms with Gasteiger partial charge in [-0.05, 0) is 67.8 Å². The Morgan fingerprint density at radius 3 is 1.22 bits per heavy atom. The van der Waals surface area contributed by atoms with Crippen LogP contribution in [0.25, 0.3) is 78.9 Å². The van der Waals surface area contributed by atoms with Crippen LogP contribution in [0, 0.1) is 0 Å². The molecular formula is C50H31N5. The molecule has 0 saturated heterocycles. The summed E-state index contributed by atoms with van der Waals surface area (Å²) in [6, 6.07) is 61.7. The average molecular weight is 702 g/mol. The fraction of sp³-hybridized carbons (Fsp3) is 0.0200. The van der Waals surface area contributed by atoms with E-state index in [1.54, 1.807) is 0 Å². The van der Waals surface area contributed by atoms with Crippen molar-refractivity contribution in [1.29, 1.82) is 0 Å². The van der Waals surface area contributed by atoms with Crippen molar-refractivity contribution >= 4 is 0 Å². The standard InChI is InChI=1S/C50H31N5/c1-3-14-32(15-4-1)34-26-28-44(51-30-34)48-53-47(54-49(55-48)45-29-27-35(31-52-45)33-16-5-2-6-17-33)39-21-13-25-43-46(39)38-20-9-12-24-42(38)50(43)40-22-10-7-18-36(40)37-19-8-11-23-41(37)50/h1-31H. The van der Waals surface area contributed by atoms with Crippen molar-refractivity contribution in [2.45, 2.75) is 5.41 Å². The Hall–Kier alpha value is -7.37. The number of rotatable bonds is 5. The number of hydrogen-bond acceptors (Lipinski definition) is 5. The van der Waals surface area contributed by atoms with Gasteiger partial charge in [-0.15, -0.1) is 0 Å². The van der Waals surface area contributed by atoms with Gasteiger partial charge in [-0.3, -0.25) is 9.97 Å². The van der Waals surface area contributed by atoms with Gasteiger partial charge >= 0.3 is 0 Å². The topological polar surface area (TPSA) is 64.5 Å². The fourth-order valence-corrected chi connectivity index (χ4v) is 8.71. The zero-order valence-electron chi connectivity index (χ0n) is 29.6. The smallest absolute Gasteiger partial charge is 0.182 e. The first-order chi connectivity index (χ1) is 27.3. The summed E-state index contributed by atoms with van der Waals surface area (Å²) in [5.41, 5.74) is 16.0. The van der Waals surface area contributed by atoms with Crippen molar-refractivity contribution in [3.8, 4) is 78.9 Å². The van der Waals surface area contributed by atoms with E-state index in [1.807, 2.05) is 60.9 Å². The molecule has 0 atom stereocenters. The Labute approximate surface area is 318 Å². The number of hydrogen-bond donors (Lipinski definition) is 0. The zero-order valence-corrected chi connectivity index (χ0v) is 29.6. The van der Waals surface area contributed by atoms with Crippen LogP contribution in [0.1, 0.15) is 22.3 Å². The molecule has 3 aromatic heterocycles. The number of pyridine rings is 2. The SMILES string of the molecule is c1ccc(-c2ccc(-c3nc(-c4ccc(-c5ccccc5)cn4)nc(-c4cccc5c4-c4ccccc4C54c5ccccc5-c5ccccc54)n3)nc2)cc1. The minimum absolute atomic E-state index is 0.475. The molecule has 9 aromatic rings. The van der Waals surface area contributed by atoms with Crippen molar-refractivity contribution in [1.82, 2.24) is 24.9 Å². The summed E-state index contributed by atoms with van der Waals surface area (Å²) in [6.45, 7) is 0. The number of benzene rings is 6. The molecule has 0 amide bonds. The lowest BCUT2D eigenvalue weighted by molar-refractivity contribution is 0.794. The molecular weight excluding hydrogens is 671 g/mol. The third-order valence-electron chi connectivity index (χ3n) is 11.1. The molecule has 1 spiro atoms. The van der Waals surface area contributed by atoms with Crippen LogP contribution in [0.2, 0.25) is 0 Å². The summed E-state index contributed by atoms with van der Waals surface area (Å²) in [6.07, 6.45) is 3.77. The van der Waals surface area contributed by atoms with Crippen molar-refractivity contribution in [2.24, 2.45) is 0 Å². The number of fused-ring (bicyclic) bond motifs is 10. The largest absolute Gasteiger partial charge is 0.252 e. The van der Waals surface area contributed by atoms with E-state index < -0.39 is 5.41 Å². The van der Waals surface area contributed by atoms with E-state index in [4.69, 9.17) is 24.9 Å². The molecule has 0 fully saturated rings. The molecule has 256 valence electrons. The summed E-state index contributed by atoms with van der Waals surface area (Å²) < 4.78 is 0. The van der Waals surface area contributed by atoms with Crippen LogP contribution in [0.5, 0.6) is 0 Å². The third kappa shape index (κ3) is 4.76. The fourth-order valence-electron chi connectivity index (χ4n) is 8.71. The maximum Gasteiger partial charge on any atom is 0.182 e. The highest BCUT2D eigenvalue weighted by molar-refractivity contribution is 5.99. The first kappa shape index (κ1) is 31.2. The van der Waals surface area contributed by atoms with Gasteiger partial charge in [0, 0.05) is 29.1 Å². The Kier molecular flexibility index (Phi) is 7.01. The van der Waals surface area contributed by atoms with Gasteiger partial charge in [0.05, 0.1) is 5.41 Å². The molecule has 0 N–H and O–H groups in total. The molecule has 0 aliphatic heterocycles. The van der Waals surface area contributed by atoms with Crippen LogP contribution >= 0.6 is 0 Å². The summed E-state index contributed by atoms with van der Waals surface area (Å²) in [5.74, 6) is 1.55. The van der Waals surface area contributed by atoms with Crippen LogP contribution in [0.3, 0.4) is 0 Å². The molecule has 6 aromatic carbocycles. The van der Waals surface area contributed by atoms with Crippen molar-refractivity contribution < 1.29 is 0 Å². The van der Waals surface area contributed by atoms with Gasteiger partial charge in [-0.2, -0.15) is 0 Å². The van der Waals surface area contributed by atoms with E-state index >= 15 is 0 Å². The molecule has 0 unspecified atom stereocenters. The maximum atomic E-state index is 5.21. The molecule has 3 heterocycles. The molecule has 11 rings (SSSR count). The second-order valence-electron chi connectivity index (χ2n) is 14.0. The van der Waals surface area contributed by atoms with E-state index in [-0.39, 0.29) is 0 Å². The highest BCUT2D eigenvalue weighted by Gasteiger charge is 2.52. The summed E-state index contributed by atoms with van der Waals surface area (Å²) >= 11 is 0. The minimum Gasteiger partial charge on any atom is -0.252 e. The quantitative estimate of drug-likeness (QED) is 0.179. The minimum atomic E-state index is -0.475. The molecule has 0 bridgehead atoms. The number of aromatic nitrogens is 5. The zero-order chi connectivity index (χ0) is 36.3. The monoisotopic (exact) mass is 701 g/mol. The van der Waals surface area contributed by atoms with Gasteiger partial charge in [0.1, 0.15) is 11.4 Å². The first-order valence-corrected chi connectivity index (χ1v) is 18.5. The third-order valence-corrected chi connectivity index (χ3v) is 11.1. The lowest BCUT2D eigenvalue weighted by Gasteiger charge is -2.30. The Morgan fingerprint density at radius 1 is 0.291 bits per heavy atom. The summed E-state index contributed by atoms with van der Waals surface area (Å²) in [4.78, 5) is 25.2. The lowest BCUT2D eigenvalue weighted by Crippen LogP contribution is -2.25. The normalized spacial score (nSPS) is 12.9. The Bertz CT molecular complexity index is 2760. The molecule has 2 aliphatic rings. The van der Waals surface area contributed by atoms with Gasteiger partial charge in [0.15, 0.2) is 17.5 Å². The molecule has 5 nitrogen and oxygen atoms in total. The highest BCUT2D eigenvalue weighted by atomic mass is 15.1. The maximum absolute atomic E-state index is 5.21. The van der Waals surface area contributed by atoms with Gasteiger partial charge in [0.25, 0.3) is 0 Å². The van der Waals surface area contributed by atoms with Crippen LogP contribution in [-0.4, -0.2) is 24.9 Å². The van der Waals surface area contributed by atoms with Crippen LogP contribution in [0.4, 0.5) is 0 Å². The van der Waals surface area contributed by atoms with E-state index in [1.165, 1.54) is 38.9 Å². The Morgan fingerprint density at radius 2 is 0.709 bits per heavy atom. The van der Waals surface area contributed by atoms with Crippen LogP contribution in [0.15, 0.2) is 188 Å². The predicted molar refractivity (Wildman–Crippen MR) is 219 cm³/mol. The van der Waals surface area contributed by atoms with E-state index in [0.29, 0.717) is 28.9 Å². The van der Waals surface area contributed by atoms with Crippen LogP contribution in [-0.2, 0) is 5.41 Å². The van der Waals surface area contributed by atoms with Gasteiger partial charge < -0.3 is 0 Å². The van der Waals surface area contributed by atoms with Gasteiger partial charge in [-0.25, -0.2) is 15.0 Å². The molecule has 5 heteroatoms. The van der Waals surface area contributed by atoms with Crippen molar-refractivity contribution in [2.75, 3.05) is 0 Å². The number of nitrogens with zero attached hydrogens (tertiary/aromatic N) is 5. The predicted octanol–water partition coefficient (Wildman–Crippen LogP) is 11.3. The lowest BCUT2D eigenvalue weighted by atomic mass is 9.70. The molecule has 55 heavy (non-hydrogen) atoms. The van der Waals surface area contributed by atoms with E-state index in [2.05, 4.69) is 127 Å². The molecule has 2 aliphatic carbocycles. The average Bonchev–Trinajstić information content (AvgIpc) is 3.75. The summed E-state index contributed by atoms with van der Waals surface area (Å²) in [5, 5.41) is 0. The first-order valence-electron chi connectivity index (χ1n) is 18.5. The highest BCUT2D eigenvalue weighted by Crippen LogP contribution is 2.63. The van der Waals surface area contributed by atoms with Gasteiger partial charge in [0.2, 0.25) is 0 Å². The van der Waals surface area contributed by atoms with Crippen molar-refractivity contribution in [3.63, 3.8) is 0 Å². The molecule has 0 saturated carbocycles. The second-order valence-corrected chi connectivity index (χ2v) is 14.0. The molecule has 0 radical (unpaired) electrons. The van der Waals surface area contributed by atoms with Crippen molar-refractivity contribution in [3.05, 3.63) is 211 Å². The Balaban J connectivity index is 1.13. The van der Waals surface area contributed by atoms with Crippen LogP contribution < -0.4 is 0 Å².